The molecule has 1 aliphatic rings. The molecule has 8 heavy (non-hydrogen) atoms. The second-order valence-electron chi connectivity index (χ2n) is 2.52. The maximum absolute atomic E-state index is 2.38. The van der Waals surface area contributed by atoms with Crippen molar-refractivity contribution in [2.45, 2.75) is 12.0 Å². The standard InChI is InChI=1S/C6H12Si2/c7-5-1-2-6(8)4-3-5/h1-3,6H,4H2,7-8H3. The average molecular weight is 140 g/mol. The van der Waals surface area contributed by atoms with Crippen LogP contribution in [0.15, 0.2) is 23.4 Å². The Labute approximate surface area is 56.5 Å². The summed E-state index contributed by atoms with van der Waals surface area (Å²) in [5.74, 6) is 0. The molecule has 0 radical (unpaired) electrons. The highest BCUT2D eigenvalue weighted by molar-refractivity contribution is 6.24. The zero-order chi connectivity index (χ0) is 5.98. The van der Waals surface area contributed by atoms with Gasteiger partial charge in [-0.15, -0.1) is 0 Å². The lowest BCUT2D eigenvalue weighted by atomic mass is 10.2. The van der Waals surface area contributed by atoms with E-state index < -0.39 is 0 Å². The molecule has 0 aliphatic heterocycles. The van der Waals surface area contributed by atoms with Crippen molar-refractivity contribution in [1.29, 1.82) is 0 Å². The van der Waals surface area contributed by atoms with E-state index in [9.17, 15) is 0 Å². The SMILES string of the molecule is [SiH3]C1=CCC([SiH3])C=C1. The third-order valence-electron chi connectivity index (χ3n) is 1.50. The largest absolute Gasteiger partial charge is 0.0860 e. The fraction of sp³-hybridized carbons (Fsp3) is 0.333. The molecule has 1 aliphatic carbocycles. The quantitative estimate of drug-likeness (QED) is 0.392. The first-order valence-electron chi connectivity index (χ1n) is 3.14. The van der Waals surface area contributed by atoms with Gasteiger partial charge < -0.3 is 0 Å². The topological polar surface area (TPSA) is 0 Å². The second-order valence-corrected chi connectivity index (χ2v) is 5.16. The highest BCUT2D eigenvalue weighted by Gasteiger charge is 1.97. The number of hydrogen-bond donors (Lipinski definition) is 0. The lowest BCUT2D eigenvalue weighted by molar-refractivity contribution is 1.02. The molecule has 2 heteroatoms. The van der Waals surface area contributed by atoms with Crippen LogP contribution >= 0.6 is 0 Å². The number of rotatable bonds is 0. The molecule has 0 amide bonds. The predicted molar refractivity (Wildman–Crippen MR) is 45.5 cm³/mol. The van der Waals surface area contributed by atoms with Gasteiger partial charge >= 0.3 is 0 Å². The van der Waals surface area contributed by atoms with Crippen LogP contribution in [0.3, 0.4) is 0 Å². The normalized spacial score (nSPS) is 28.5. The summed E-state index contributed by atoms with van der Waals surface area (Å²) in [5.41, 5.74) is 0.924. The van der Waals surface area contributed by atoms with E-state index in [1.165, 1.54) is 26.9 Å². The highest BCUT2D eigenvalue weighted by atomic mass is 28.1. The van der Waals surface area contributed by atoms with E-state index in [1.54, 1.807) is 5.20 Å². The molecular weight excluding hydrogens is 128 g/mol. The molecule has 1 atom stereocenters. The molecule has 0 spiro atoms. The van der Waals surface area contributed by atoms with E-state index in [0.29, 0.717) is 0 Å². The summed E-state index contributed by atoms with van der Waals surface area (Å²) in [6.45, 7) is 0. The van der Waals surface area contributed by atoms with Crippen LogP contribution in [0.2, 0.25) is 5.54 Å². The summed E-state index contributed by atoms with van der Waals surface area (Å²) in [6.07, 6.45) is 8.34. The molecule has 0 aromatic carbocycles. The number of allylic oxidation sites excluding steroid dienone is 4. The van der Waals surface area contributed by atoms with Gasteiger partial charge in [-0.1, -0.05) is 23.4 Å². The zero-order valence-corrected chi connectivity index (χ0v) is 9.52. The van der Waals surface area contributed by atoms with Crippen molar-refractivity contribution in [3.63, 3.8) is 0 Å². The Kier molecular flexibility index (Phi) is 1.86. The Morgan fingerprint density at radius 1 is 1.62 bits per heavy atom. The summed E-state index contributed by atoms with van der Waals surface area (Å²) in [7, 11) is 2.56. The van der Waals surface area contributed by atoms with Crippen molar-refractivity contribution in [2.24, 2.45) is 0 Å². The Morgan fingerprint density at radius 2 is 2.38 bits per heavy atom. The minimum atomic E-state index is 0.924. The van der Waals surface area contributed by atoms with Crippen LogP contribution in [0.25, 0.3) is 0 Å². The van der Waals surface area contributed by atoms with Gasteiger partial charge in [0, 0.05) is 20.5 Å². The first-order chi connectivity index (χ1) is 3.79. The smallest absolute Gasteiger partial charge is 0.0380 e. The molecule has 0 heterocycles. The Morgan fingerprint density at radius 3 is 2.75 bits per heavy atom. The molecule has 44 valence electrons. The summed E-state index contributed by atoms with van der Waals surface area (Å²) < 4.78 is 0. The average Bonchev–Trinajstić information content (AvgIpc) is 1.77. The van der Waals surface area contributed by atoms with E-state index in [4.69, 9.17) is 0 Å². The molecule has 1 rings (SSSR count). The van der Waals surface area contributed by atoms with Gasteiger partial charge in [0.05, 0.1) is 0 Å². The molecule has 0 fully saturated rings. The van der Waals surface area contributed by atoms with Crippen molar-refractivity contribution < 1.29 is 0 Å². The lowest BCUT2D eigenvalue weighted by Crippen LogP contribution is -1.91. The molecule has 0 saturated heterocycles. The second kappa shape index (κ2) is 2.46. The van der Waals surface area contributed by atoms with Gasteiger partial charge in [-0.2, -0.15) is 0 Å². The van der Waals surface area contributed by atoms with Crippen LogP contribution in [-0.4, -0.2) is 20.5 Å². The van der Waals surface area contributed by atoms with Crippen LogP contribution in [0.1, 0.15) is 6.42 Å². The molecule has 0 N–H and O–H groups in total. The van der Waals surface area contributed by atoms with Gasteiger partial charge in [0.25, 0.3) is 0 Å². The van der Waals surface area contributed by atoms with Gasteiger partial charge in [0.15, 0.2) is 0 Å². The fourth-order valence-corrected chi connectivity index (χ4v) is 1.69. The maximum Gasteiger partial charge on any atom is 0.0380 e. The Bertz CT molecular complexity index is 135. The third kappa shape index (κ3) is 1.45. The monoisotopic (exact) mass is 140 g/mol. The van der Waals surface area contributed by atoms with Gasteiger partial charge in [0.2, 0.25) is 0 Å². The zero-order valence-electron chi connectivity index (χ0n) is 5.52. The van der Waals surface area contributed by atoms with Gasteiger partial charge in [-0.05, 0) is 12.0 Å². The molecule has 1 unspecified atom stereocenters. The minimum Gasteiger partial charge on any atom is -0.0860 e. The third-order valence-corrected chi connectivity index (χ3v) is 3.10. The summed E-state index contributed by atoms with van der Waals surface area (Å²) in [5, 5.41) is 1.57. The van der Waals surface area contributed by atoms with Crippen LogP contribution in [0.5, 0.6) is 0 Å². The van der Waals surface area contributed by atoms with Gasteiger partial charge in [0.1, 0.15) is 0 Å². The van der Waals surface area contributed by atoms with Gasteiger partial charge in [-0.3, -0.25) is 0 Å². The van der Waals surface area contributed by atoms with E-state index >= 15 is 0 Å². The molecule has 0 aromatic rings. The molecule has 0 saturated carbocycles. The molecule has 0 nitrogen and oxygen atoms in total. The minimum absolute atomic E-state index is 0.924. The molecule has 0 bridgehead atoms. The van der Waals surface area contributed by atoms with Crippen LogP contribution in [-0.2, 0) is 0 Å². The Hall–Kier alpha value is -0.0862. The van der Waals surface area contributed by atoms with Crippen LogP contribution in [0, 0.1) is 0 Å². The van der Waals surface area contributed by atoms with Crippen molar-refractivity contribution >= 4 is 20.5 Å². The maximum atomic E-state index is 2.38. The molecule has 0 aromatic heterocycles. The van der Waals surface area contributed by atoms with E-state index in [0.717, 1.165) is 5.54 Å². The van der Waals surface area contributed by atoms with E-state index in [2.05, 4.69) is 18.2 Å². The summed E-state index contributed by atoms with van der Waals surface area (Å²) in [4.78, 5) is 0. The van der Waals surface area contributed by atoms with Crippen molar-refractivity contribution in [3.8, 4) is 0 Å². The van der Waals surface area contributed by atoms with Gasteiger partial charge in [-0.25, -0.2) is 0 Å². The van der Waals surface area contributed by atoms with Crippen molar-refractivity contribution in [3.05, 3.63) is 23.4 Å². The van der Waals surface area contributed by atoms with Crippen molar-refractivity contribution in [1.82, 2.24) is 0 Å². The first kappa shape index (κ1) is 6.04. The first-order valence-corrected chi connectivity index (χ1v) is 5.29. The van der Waals surface area contributed by atoms with E-state index in [-0.39, 0.29) is 0 Å². The van der Waals surface area contributed by atoms with Crippen LogP contribution < -0.4 is 0 Å². The lowest BCUT2D eigenvalue weighted by Gasteiger charge is -2.06. The number of hydrogen-bond acceptors (Lipinski definition) is 0. The molecular formula is C6H12Si2. The predicted octanol–water partition coefficient (Wildman–Crippen LogP) is -0.651. The fourth-order valence-electron chi connectivity index (χ4n) is 0.834. The highest BCUT2D eigenvalue weighted by Crippen LogP contribution is 2.15. The van der Waals surface area contributed by atoms with Crippen molar-refractivity contribution in [2.75, 3.05) is 0 Å². The summed E-state index contributed by atoms with van der Waals surface area (Å²) >= 11 is 0. The van der Waals surface area contributed by atoms with E-state index in [1.807, 2.05) is 0 Å². The Balaban J connectivity index is 2.58. The summed E-state index contributed by atoms with van der Waals surface area (Å²) in [6, 6.07) is 0. The van der Waals surface area contributed by atoms with Crippen LogP contribution in [0.4, 0.5) is 0 Å².